The zero-order valence-electron chi connectivity index (χ0n) is 16.1. The van der Waals surface area contributed by atoms with E-state index < -0.39 is 0 Å². The smallest absolute Gasteiger partial charge is 0.194 e. The fraction of sp³-hybridized carbons (Fsp3) is 0.824. The standard InChI is InChI=1S/C17H33N7.HI/c1-5-18-17(22(3)13-16-20-14-21-23(16)4)19-10-7-15-8-11-24(6-2)12-9-15;/h14-15H,5-13H2,1-4H3,(H,18,19);1H. The lowest BCUT2D eigenvalue weighted by Gasteiger charge is -2.30. The molecule has 8 heteroatoms. The predicted octanol–water partition coefficient (Wildman–Crippen LogP) is 1.95. The number of nitrogens with zero attached hydrogens (tertiary/aromatic N) is 6. The molecule has 0 radical (unpaired) electrons. The molecule has 0 aliphatic carbocycles. The van der Waals surface area contributed by atoms with Crippen LogP contribution in [0.2, 0.25) is 0 Å². The van der Waals surface area contributed by atoms with Crippen LogP contribution in [0.15, 0.2) is 11.3 Å². The van der Waals surface area contributed by atoms with Gasteiger partial charge < -0.3 is 15.1 Å². The molecular weight excluding hydrogens is 429 g/mol. The number of halogens is 1. The summed E-state index contributed by atoms with van der Waals surface area (Å²) >= 11 is 0. The average Bonchev–Trinajstić information content (AvgIpc) is 2.99. The van der Waals surface area contributed by atoms with Crippen molar-refractivity contribution >= 4 is 29.9 Å². The summed E-state index contributed by atoms with van der Waals surface area (Å²) in [4.78, 5) is 13.8. The van der Waals surface area contributed by atoms with Crippen LogP contribution in [0.25, 0.3) is 0 Å². The molecule has 1 saturated heterocycles. The minimum Gasteiger partial charge on any atom is -0.357 e. The van der Waals surface area contributed by atoms with Crippen LogP contribution >= 0.6 is 24.0 Å². The van der Waals surface area contributed by atoms with Crippen LogP contribution in [0.4, 0.5) is 0 Å². The third-order valence-electron chi connectivity index (χ3n) is 4.83. The van der Waals surface area contributed by atoms with Crippen molar-refractivity contribution in [3.63, 3.8) is 0 Å². The number of aromatic nitrogens is 3. The Morgan fingerprint density at radius 1 is 1.36 bits per heavy atom. The van der Waals surface area contributed by atoms with E-state index in [9.17, 15) is 0 Å². The Hall–Kier alpha value is -0.900. The van der Waals surface area contributed by atoms with E-state index in [4.69, 9.17) is 4.99 Å². The molecule has 0 unspecified atom stereocenters. The number of nitrogens with one attached hydrogen (secondary N) is 1. The van der Waals surface area contributed by atoms with Crippen molar-refractivity contribution in [2.24, 2.45) is 18.0 Å². The predicted molar refractivity (Wildman–Crippen MR) is 113 cm³/mol. The van der Waals surface area contributed by atoms with Gasteiger partial charge >= 0.3 is 0 Å². The largest absolute Gasteiger partial charge is 0.357 e. The Labute approximate surface area is 169 Å². The van der Waals surface area contributed by atoms with E-state index in [-0.39, 0.29) is 24.0 Å². The molecule has 1 aromatic heterocycles. The van der Waals surface area contributed by atoms with Gasteiger partial charge in [0.15, 0.2) is 5.96 Å². The summed E-state index contributed by atoms with van der Waals surface area (Å²) in [6, 6.07) is 0. The molecule has 1 aromatic rings. The molecule has 2 heterocycles. The molecule has 0 spiro atoms. The first-order chi connectivity index (χ1) is 11.6. The van der Waals surface area contributed by atoms with Crippen molar-refractivity contribution in [2.45, 2.75) is 39.7 Å². The lowest BCUT2D eigenvalue weighted by Crippen LogP contribution is -2.39. The Kier molecular flexibility index (Phi) is 10.3. The van der Waals surface area contributed by atoms with E-state index in [2.05, 4.69) is 46.1 Å². The van der Waals surface area contributed by atoms with Gasteiger partial charge in [-0.05, 0) is 51.7 Å². The van der Waals surface area contributed by atoms with Crippen LogP contribution < -0.4 is 5.32 Å². The molecule has 7 nitrogen and oxygen atoms in total. The minimum absolute atomic E-state index is 0. The fourth-order valence-corrected chi connectivity index (χ4v) is 3.16. The van der Waals surface area contributed by atoms with E-state index in [1.165, 1.54) is 38.9 Å². The highest BCUT2D eigenvalue weighted by molar-refractivity contribution is 14.0. The van der Waals surface area contributed by atoms with E-state index in [0.717, 1.165) is 30.8 Å². The minimum atomic E-state index is 0. The molecule has 0 aromatic carbocycles. The number of likely N-dealkylation sites (tertiary alicyclic amines) is 1. The lowest BCUT2D eigenvalue weighted by molar-refractivity contribution is 0.188. The van der Waals surface area contributed by atoms with Crippen LogP contribution in [-0.4, -0.2) is 70.3 Å². The Bertz CT molecular complexity index is 509. The molecule has 0 atom stereocenters. The van der Waals surface area contributed by atoms with Gasteiger partial charge in [0, 0.05) is 27.2 Å². The maximum atomic E-state index is 4.82. The molecule has 0 bridgehead atoms. The van der Waals surface area contributed by atoms with Gasteiger partial charge in [-0.1, -0.05) is 6.92 Å². The van der Waals surface area contributed by atoms with Gasteiger partial charge in [0.1, 0.15) is 12.2 Å². The van der Waals surface area contributed by atoms with Crippen LogP contribution in [0, 0.1) is 5.92 Å². The second kappa shape index (κ2) is 11.7. The molecule has 0 saturated carbocycles. The number of guanidine groups is 1. The first kappa shape index (κ1) is 22.1. The van der Waals surface area contributed by atoms with E-state index in [1.807, 2.05) is 11.7 Å². The summed E-state index contributed by atoms with van der Waals surface area (Å²) in [5.41, 5.74) is 0. The van der Waals surface area contributed by atoms with Crippen LogP contribution in [-0.2, 0) is 13.6 Å². The monoisotopic (exact) mass is 463 g/mol. The van der Waals surface area contributed by atoms with Crippen molar-refractivity contribution < 1.29 is 0 Å². The zero-order chi connectivity index (χ0) is 17.4. The highest BCUT2D eigenvalue weighted by Gasteiger charge is 2.17. The first-order valence-electron chi connectivity index (χ1n) is 9.18. The van der Waals surface area contributed by atoms with Gasteiger partial charge in [0.25, 0.3) is 0 Å². The van der Waals surface area contributed by atoms with E-state index in [0.29, 0.717) is 6.54 Å². The molecule has 0 amide bonds. The summed E-state index contributed by atoms with van der Waals surface area (Å²) in [6.07, 6.45) is 5.41. The Morgan fingerprint density at radius 3 is 2.64 bits per heavy atom. The quantitative estimate of drug-likeness (QED) is 0.381. The lowest BCUT2D eigenvalue weighted by atomic mass is 9.94. The SMILES string of the molecule is CCNC(=NCCC1CCN(CC)CC1)N(C)Cc1ncnn1C.I. The van der Waals surface area contributed by atoms with Crippen molar-refractivity contribution in [1.29, 1.82) is 0 Å². The van der Waals surface area contributed by atoms with Crippen molar-refractivity contribution in [3.8, 4) is 0 Å². The van der Waals surface area contributed by atoms with Crippen molar-refractivity contribution in [2.75, 3.05) is 39.8 Å². The number of piperidine rings is 1. The summed E-state index contributed by atoms with van der Waals surface area (Å²) in [6.45, 7) is 10.5. The third-order valence-corrected chi connectivity index (χ3v) is 4.83. The molecular formula is C17H34IN7. The number of aryl methyl sites for hydroxylation is 1. The summed E-state index contributed by atoms with van der Waals surface area (Å²) < 4.78 is 1.81. The van der Waals surface area contributed by atoms with Gasteiger partial charge in [-0.25, -0.2) is 4.98 Å². The number of aliphatic imine (C=N–C) groups is 1. The molecule has 2 rings (SSSR count). The van der Waals surface area contributed by atoms with Gasteiger partial charge in [-0.2, -0.15) is 5.10 Å². The number of rotatable bonds is 7. The summed E-state index contributed by atoms with van der Waals surface area (Å²) in [5.74, 6) is 2.71. The molecule has 25 heavy (non-hydrogen) atoms. The molecule has 1 N–H and O–H groups in total. The molecule has 144 valence electrons. The highest BCUT2D eigenvalue weighted by atomic mass is 127. The van der Waals surface area contributed by atoms with Crippen molar-refractivity contribution in [3.05, 3.63) is 12.2 Å². The summed E-state index contributed by atoms with van der Waals surface area (Å²) in [7, 11) is 3.97. The average molecular weight is 463 g/mol. The van der Waals surface area contributed by atoms with Gasteiger partial charge in [-0.3, -0.25) is 9.67 Å². The van der Waals surface area contributed by atoms with Crippen molar-refractivity contribution in [1.82, 2.24) is 29.9 Å². The van der Waals surface area contributed by atoms with Crippen LogP contribution in [0.5, 0.6) is 0 Å². The third kappa shape index (κ3) is 7.08. The van der Waals surface area contributed by atoms with E-state index in [1.54, 1.807) is 6.33 Å². The maximum Gasteiger partial charge on any atom is 0.194 e. The van der Waals surface area contributed by atoms with Gasteiger partial charge in [-0.15, -0.1) is 24.0 Å². The fourth-order valence-electron chi connectivity index (χ4n) is 3.16. The number of hydrogen-bond acceptors (Lipinski definition) is 4. The molecule has 1 fully saturated rings. The summed E-state index contributed by atoms with van der Waals surface area (Å²) in [5, 5.41) is 7.50. The second-order valence-corrected chi connectivity index (χ2v) is 6.56. The molecule has 1 aliphatic rings. The highest BCUT2D eigenvalue weighted by Crippen LogP contribution is 2.20. The maximum absolute atomic E-state index is 4.82. The second-order valence-electron chi connectivity index (χ2n) is 6.56. The number of hydrogen-bond donors (Lipinski definition) is 1. The van der Waals surface area contributed by atoms with Crippen LogP contribution in [0.1, 0.15) is 38.9 Å². The van der Waals surface area contributed by atoms with E-state index >= 15 is 0 Å². The topological polar surface area (TPSA) is 61.6 Å². The first-order valence-corrected chi connectivity index (χ1v) is 9.18. The van der Waals surface area contributed by atoms with Gasteiger partial charge in [0.2, 0.25) is 0 Å². The zero-order valence-corrected chi connectivity index (χ0v) is 18.4. The normalized spacial score (nSPS) is 16.6. The Morgan fingerprint density at radius 2 is 2.08 bits per heavy atom. The Balaban J connectivity index is 0.00000312. The van der Waals surface area contributed by atoms with Gasteiger partial charge in [0.05, 0.1) is 6.54 Å². The molecule has 1 aliphatic heterocycles. The van der Waals surface area contributed by atoms with Crippen LogP contribution in [0.3, 0.4) is 0 Å².